The second-order valence-corrected chi connectivity index (χ2v) is 21.7. The van der Waals surface area contributed by atoms with E-state index >= 15 is 0 Å². The topological polar surface area (TPSA) is 0 Å². The number of alkyl halides is 3. The summed E-state index contributed by atoms with van der Waals surface area (Å²) >= 11 is 16.2. The van der Waals surface area contributed by atoms with Crippen LogP contribution < -0.4 is 10.7 Å². The summed E-state index contributed by atoms with van der Waals surface area (Å²) in [4.78, 5) is 0. The molecular formula is C19H15Cl3Sn. The fourth-order valence-electron chi connectivity index (χ4n) is 3.06. The fourth-order valence-corrected chi connectivity index (χ4v) is 21.2. The Labute approximate surface area is 155 Å². The predicted molar refractivity (Wildman–Crippen MR) is 104 cm³/mol. The summed E-state index contributed by atoms with van der Waals surface area (Å²) in [6.45, 7) is 0. The molecule has 0 aromatic heterocycles. The van der Waals surface area contributed by atoms with E-state index in [0.29, 0.717) is 0 Å². The van der Waals surface area contributed by atoms with Gasteiger partial charge < -0.3 is 0 Å². The Morgan fingerprint density at radius 3 is 0.957 bits per heavy atom. The van der Waals surface area contributed by atoms with Gasteiger partial charge in [0.2, 0.25) is 0 Å². The Morgan fingerprint density at radius 2 is 0.739 bits per heavy atom. The molecule has 0 saturated carbocycles. The van der Waals surface area contributed by atoms with Crippen molar-refractivity contribution in [3.63, 3.8) is 0 Å². The van der Waals surface area contributed by atoms with Crippen LogP contribution >= 0.6 is 34.8 Å². The molecule has 116 valence electrons. The average Bonchev–Trinajstić information content (AvgIpc) is 2.57. The Balaban J connectivity index is 2.41. The first kappa shape index (κ1) is 17.2. The quantitative estimate of drug-likeness (QED) is 0.402. The van der Waals surface area contributed by atoms with E-state index in [0.717, 1.165) is 10.7 Å². The van der Waals surface area contributed by atoms with E-state index in [1.54, 1.807) is 0 Å². The molecule has 0 saturated heterocycles. The summed E-state index contributed by atoms with van der Waals surface area (Å²) in [5.74, 6) is 0. The number of hydrogen-bond donors (Lipinski definition) is 0. The Hall–Kier alpha value is -0.671. The van der Waals surface area contributed by atoms with Gasteiger partial charge in [0.15, 0.2) is 0 Å². The third-order valence-electron chi connectivity index (χ3n) is 4.05. The molecule has 0 radical (unpaired) electrons. The molecule has 0 nitrogen and oxygen atoms in total. The molecular weight excluding hydrogens is 453 g/mol. The van der Waals surface area contributed by atoms with Gasteiger partial charge in [-0.25, -0.2) is 0 Å². The molecule has 3 rings (SSSR count). The molecule has 0 aliphatic heterocycles. The molecule has 0 heterocycles. The monoisotopic (exact) mass is 468 g/mol. The number of benzene rings is 3. The van der Waals surface area contributed by atoms with E-state index < -0.39 is 20.2 Å². The second kappa shape index (κ2) is 7.06. The third kappa shape index (κ3) is 3.15. The van der Waals surface area contributed by atoms with Crippen LogP contribution in [0.2, 0.25) is 0 Å². The SMILES string of the molecule is Cl[C](Cl)(Cl)[Sn]([c]1ccccc1)([c]1ccccc1)[c]1ccccc1. The molecule has 0 spiro atoms. The molecule has 0 aliphatic carbocycles. The first-order chi connectivity index (χ1) is 11.1. The van der Waals surface area contributed by atoms with Crippen LogP contribution in [0.15, 0.2) is 91.0 Å². The van der Waals surface area contributed by atoms with Crippen molar-refractivity contribution in [2.24, 2.45) is 0 Å². The van der Waals surface area contributed by atoms with Crippen LogP contribution in [-0.2, 0) is 0 Å². The van der Waals surface area contributed by atoms with Gasteiger partial charge in [0, 0.05) is 0 Å². The van der Waals surface area contributed by atoms with Gasteiger partial charge in [0.1, 0.15) is 0 Å². The van der Waals surface area contributed by atoms with E-state index in [1.807, 2.05) is 54.6 Å². The van der Waals surface area contributed by atoms with Crippen LogP contribution in [0, 0.1) is 0 Å². The van der Waals surface area contributed by atoms with Crippen molar-refractivity contribution in [2.45, 2.75) is 1.81 Å². The first-order valence-electron chi connectivity index (χ1n) is 7.30. The molecule has 23 heavy (non-hydrogen) atoms. The minimum absolute atomic E-state index is 1.15. The Morgan fingerprint density at radius 1 is 0.478 bits per heavy atom. The second-order valence-electron chi connectivity index (χ2n) is 5.35. The number of halogens is 3. The molecule has 0 bridgehead atoms. The zero-order chi connectivity index (χ0) is 16.3. The van der Waals surface area contributed by atoms with Crippen molar-refractivity contribution in [3.8, 4) is 0 Å². The summed E-state index contributed by atoms with van der Waals surface area (Å²) in [6, 6.07) is 30.7. The molecule has 0 amide bonds. The number of hydrogen-bond acceptors (Lipinski definition) is 0. The van der Waals surface area contributed by atoms with Gasteiger partial charge in [-0.1, -0.05) is 0 Å². The molecule has 0 aliphatic rings. The van der Waals surface area contributed by atoms with E-state index in [1.165, 1.54) is 0 Å². The van der Waals surface area contributed by atoms with Crippen molar-refractivity contribution in [1.29, 1.82) is 0 Å². The molecule has 3 aromatic carbocycles. The summed E-state index contributed by atoms with van der Waals surface area (Å²) in [7, 11) is 0. The maximum absolute atomic E-state index is 6.68. The minimum atomic E-state index is -3.82. The average molecular weight is 468 g/mol. The van der Waals surface area contributed by atoms with E-state index in [4.69, 9.17) is 34.8 Å². The fraction of sp³-hybridized carbons (Fsp3) is 0.0526. The predicted octanol–water partition coefficient (Wildman–Crippen LogP) is 4.07. The van der Waals surface area contributed by atoms with Gasteiger partial charge in [-0.3, -0.25) is 0 Å². The van der Waals surface area contributed by atoms with Crippen LogP contribution in [0.3, 0.4) is 0 Å². The molecule has 0 fully saturated rings. The van der Waals surface area contributed by atoms with Crippen LogP contribution in [0.5, 0.6) is 0 Å². The summed E-state index contributed by atoms with van der Waals surface area (Å²) in [5.41, 5.74) is 0. The van der Waals surface area contributed by atoms with E-state index in [9.17, 15) is 0 Å². The van der Waals surface area contributed by atoms with Crippen LogP contribution in [0.1, 0.15) is 0 Å². The van der Waals surface area contributed by atoms with E-state index in [2.05, 4.69) is 36.4 Å². The van der Waals surface area contributed by atoms with Crippen molar-refractivity contribution in [3.05, 3.63) is 91.0 Å². The van der Waals surface area contributed by atoms with Gasteiger partial charge in [-0.2, -0.15) is 0 Å². The standard InChI is InChI=1S/3C6H5.CCl3.Sn/c3*1-2-4-6-5-3-1;2-1(3)4;/h3*1-5H;;. The third-order valence-corrected chi connectivity index (χ3v) is 22.4. The van der Waals surface area contributed by atoms with Gasteiger partial charge >= 0.3 is 157 Å². The zero-order valence-electron chi connectivity index (χ0n) is 12.3. The molecule has 3 aromatic rings. The normalized spacial score (nSPS) is 12.1. The van der Waals surface area contributed by atoms with Crippen molar-refractivity contribution in [1.82, 2.24) is 0 Å². The zero-order valence-corrected chi connectivity index (χ0v) is 17.4. The Kier molecular flexibility index (Phi) is 5.27. The van der Waals surface area contributed by atoms with Crippen molar-refractivity contribution >= 4 is 63.9 Å². The van der Waals surface area contributed by atoms with Crippen molar-refractivity contribution in [2.75, 3.05) is 0 Å². The Bertz CT molecular complexity index is 656. The first-order valence-corrected chi connectivity index (χ1v) is 14.1. The van der Waals surface area contributed by atoms with Crippen LogP contribution in [-0.4, -0.2) is 20.2 Å². The van der Waals surface area contributed by atoms with Gasteiger partial charge in [-0.05, 0) is 0 Å². The van der Waals surface area contributed by atoms with Gasteiger partial charge in [-0.15, -0.1) is 0 Å². The van der Waals surface area contributed by atoms with Gasteiger partial charge in [0.25, 0.3) is 0 Å². The van der Waals surface area contributed by atoms with E-state index in [-0.39, 0.29) is 0 Å². The summed E-state index contributed by atoms with van der Waals surface area (Å²) in [5, 5.41) is 0. The molecule has 4 heteroatoms. The molecule has 0 unspecified atom stereocenters. The molecule has 0 atom stereocenters. The van der Waals surface area contributed by atoms with Gasteiger partial charge in [0.05, 0.1) is 0 Å². The maximum atomic E-state index is 6.68. The van der Waals surface area contributed by atoms with Crippen LogP contribution in [0.25, 0.3) is 0 Å². The summed E-state index contributed by atoms with van der Waals surface area (Å²) in [6.07, 6.45) is 0. The van der Waals surface area contributed by atoms with Crippen LogP contribution in [0.4, 0.5) is 0 Å². The number of rotatable bonds is 3. The van der Waals surface area contributed by atoms with Crippen molar-refractivity contribution < 1.29 is 0 Å². The summed E-state index contributed by atoms with van der Waals surface area (Å²) < 4.78 is 2.11. The molecule has 0 N–H and O–H groups in total.